The van der Waals surface area contributed by atoms with Gasteiger partial charge in [0.25, 0.3) is 5.56 Å². The van der Waals surface area contributed by atoms with Crippen LogP contribution < -0.4 is 20.5 Å². The van der Waals surface area contributed by atoms with E-state index in [0.717, 1.165) is 18.3 Å². The molecule has 2 aromatic heterocycles. The summed E-state index contributed by atoms with van der Waals surface area (Å²) in [5, 5.41) is 14.5. The lowest BCUT2D eigenvalue weighted by Gasteiger charge is -2.32. The molecule has 2 fully saturated rings. The molecule has 0 spiro atoms. The van der Waals surface area contributed by atoms with Crippen LogP contribution in [0.25, 0.3) is 11.2 Å². The second kappa shape index (κ2) is 8.14. The van der Waals surface area contributed by atoms with Crippen molar-refractivity contribution in [3.63, 3.8) is 0 Å². The zero-order valence-electron chi connectivity index (χ0n) is 20.1. The first-order valence-corrected chi connectivity index (χ1v) is 11.5. The lowest BCUT2D eigenvalue weighted by Crippen LogP contribution is -2.41. The van der Waals surface area contributed by atoms with Crippen LogP contribution in [0.2, 0.25) is 0 Å². The van der Waals surface area contributed by atoms with Gasteiger partial charge in [-0.1, -0.05) is 0 Å². The predicted molar refractivity (Wildman–Crippen MR) is 127 cm³/mol. The fourth-order valence-corrected chi connectivity index (χ4v) is 4.02. The molecule has 10 heteroatoms. The van der Waals surface area contributed by atoms with E-state index >= 15 is 0 Å². The van der Waals surface area contributed by atoms with Crippen LogP contribution in [0.5, 0.6) is 11.5 Å². The number of hydrogen-bond acceptors (Lipinski definition) is 7. The van der Waals surface area contributed by atoms with Crippen molar-refractivity contribution >= 4 is 18.1 Å². The van der Waals surface area contributed by atoms with Gasteiger partial charge in [0.2, 0.25) is 0 Å². The van der Waals surface area contributed by atoms with Gasteiger partial charge in [0.15, 0.2) is 11.5 Å². The number of ether oxygens (including phenoxy) is 2. The molecule has 2 aliphatic rings. The minimum absolute atomic E-state index is 0.208. The molecule has 1 unspecified atom stereocenters. The Bertz CT molecular complexity index is 1260. The molecule has 1 aromatic carbocycles. The Kier molecular flexibility index (Phi) is 5.50. The molecule has 34 heavy (non-hydrogen) atoms. The third-order valence-electron chi connectivity index (χ3n) is 7.08. The van der Waals surface area contributed by atoms with E-state index in [1.807, 2.05) is 27.7 Å². The van der Waals surface area contributed by atoms with Gasteiger partial charge in [-0.15, -0.1) is 0 Å². The Morgan fingerprint density at radius 2 is 1.88 bits per heavy atom. The summed E-state index contributed by atoms with van der Waals surface area (Å²) >= 11 is 0. The maximum Gasteiger partial charge on any atom is 0.496 e. The number of nitrogens with zero attached hydrogens (tertiary/aromatic N) is 3. The summed E-state index contributed by atoms with van der Waals surface area (Å²) in [4.78, 5) is 13.3. The number of fused-ring (bicyclic) bond motifs is 1. The van der Waals surface area contributed by atoms with Crippen molar-refractivity contribution in [2.75, 3.05) is 13.7 Å². The maximum absolute atomic E-state index is 13.3. The molecule has 0 bridgehead atoms. The van der Waals surface area contributed by atoms with E-state index in [1.54, 1.807) is 30.5 Å². The van der Waals surface area contributed by atoms with Crippen LogP contribution in [0.4, 0.5) is 0 Å². The van der Waals surface area contributed by atoms with Crippen LogP contribution in [0.3, 0.4) is 0 Å². The lowest BCUT2D eigenvalue weighted by molar-refractivity contribution is 0.00578. The lowest BCUT2D eigenvalue weighted by atomic mass is 9.81. The average Bonchev–Trinajstić information content (AvgIpc) is 3.50. The molecule has 0 amide bonds. The van der Waals surface area contributed by atoms with Crippen molar-refractivity contribution in [2.45, 2.75) is 57.8 Å². The van der Waals surface area contributed by atoms with E-state index in [-0.39, 0.29) is 12.2 Å². The molecular formula is C24H30BN3O6. The van der Waals surface area contributed by atoms with Crippen LogP contribution >= 0.6 is 0 Å². The zero-order chi connectivity index (χ0) is 24.3. The smallest absolute Gasteiger partial charge is 0.493 e. The van der Waals surface area contributed by atoms with Gasteiger partial charge in [0.05, 0.1) is 30.1 Å². The van der Waals surface area contributed by atoms with E-state index in [0.29, 0.717) is 28.6 Å². The topological polar surface area (TPSA) is 96.5 Å². The Hall–Kier alpha value is -2.82. The van der Waals surface area contributed by atoms with E-state index in [1.165, 1.54) is 22.5 Å². The second-order valence-electron chi connectivity index (χ2n) is 10.0. The summed E-state index contributed by atoms with van der Waals surface area (Å²) in [5.41, 5.74) is 0.529. The third-order valence-corrected chi connectivity index (χ3v) is 7.08. The van der Waals surface area contributed by atoms with Gasteiger partial charge in [-0.3, -0.25) is 9.36 Å². The van der Waals surface area contributed by atoms with Gasteiger partial charge in [-0.2, -0.15) is 5.10 Å². The first-order valence-electron chi connectivity index (χ1n) is 11.5. The highest BCUT2D eigenvalue weighted by Crippen LogP contribution is 2.37. The van der Waals surface area contributed by atoms with Crippen molar-refractivity contribution in [3.8, 4) is 17.2 Å². The summed E-state index contributed by atoms with van der Waals surface area (Å²) in [7, 11) is 0.958. The van der Waals surface area contributed by atoms with E-state index < -0.39 is 24.4 Å². The maximum atomic E-state index is 13.3. The molecule has 0 radical (unpaired) electrons. The van der Waals surface area contributed by atoms with Crippen molar-refractivity contribution in [3.05, 3.63) is 47.1 Å². The quantitative estimate of drug-likeness (QED) is 0.531. The first kappa shape index (κ1) is 23.0. The minimum atomic E-state index is -0.581. The van der Waals surface area contributed by atoms with Crippen molar-refractivity contribution in [1.82, 2.24) is 14.2 Å². The summed E-state index contributed by atoms with van der Waals surface area (Å²) in [6.07, 6.45) is 4.82. The van der Waals surface area contributed by atoms with Crippen molar-refractivity contribution in [1.29, 1.82) is 0 Å². The fraction of sp³-hybridized carbons (Fsp3) is 0.500. The highest BCUT2D eigenvalue weighted by atomic mass is 16.7. The summed E-state index contributed by atoms with van der Waals surface area (Å²) in [6, 6.07) is 6.97. The van der Waals surface area contributed by atoms with E-state index in [4.69, 9.17) is 18.8 Å². The monoisotopic (exact) mass is 467 g/mol. The average molecular weight is 467 g/mol. The predicted octanol–water partition coefficient (Wildman–Crippen LogP) is 1.94. The molecule has 9 nitrogen and oxygen atoms in total. The van der Waals surface area contributed by atoms with Crippen LogP contribution in [0.1, 0.15) is 40.5 Å². The first-order chi connectivity index (χ1) is 16.1. The fourth-order valence-electron chi connectivity index (χ4n) is 4.02. The molecule has 3 aromatic rings. The van der Waals surface area contributed by atoms with Crippen LogP contribution in [-0.2, 0) is 9.31 Å². The molecule has 1 N–H and O–H groups in total. The van der Waals surface area contributed by atoms with Gasteiger partial charge in [-0.05, 0) is 64.7 Å². The number of hydrogen-bond donors (Lipinski definition) is 1. The Balaban J connectivity index is 1.43. The van der Waals surface area contributed by atoms with Crippen LogP contribution in [0, 0.1) is 5.92 Å². The van der Waals surface area contributed by atoms with Gasteiger partial charge in [0, 0.05) is 17.7 Å². The van der Waals surface area contributed by atoms with Gasteiger partial charge in [-0.25, -0.2) is 4.52 Å². The summed E-state index contributed by atoms with van der Waals surface area (Å²) < 4.78 is 26.5. The normalized spacial score (nSPS) is 20.0. The van der Waals surface area contributed by atoms with E-state index in [2.05, 4.69) is 5.10 Å². The Morgan fingerprint density at radius 1 is 1.18 bits per heavy atom. The summed E-state index contributed by atoms with van der Waals surface area (Å²) in [6.45, 7) is 8.16. The SMILES string of the molecule is COc1cc(-n2cnn3cc(B4OC(C)(C)C(C)(C)O4)cc3c2=O)ccc1OCC(O)C1CC1. The number of aliphatic hydroxyl groups is 1. The largest absolute Gasteiger partial charge is 0.496 e. The van der Waals surface area contributed by atoms with Crippen LogP contribution in [0.15, 0.2) is 41.6 Å². The molecule has 180 valence electrons. The number of aliphatic hydroxyl groups excluding tert-OH is 1. The number of methoxy groups -OCH3 is 1. The number of rotatable bonds is 7. The van der Waals surface area contributed by atoms with Gasteiger partial charge < -0.3 is 23.9 Å². The second-order valence-corrected chi connectivity index (χ2v) is 10.0. The highest BCUT2D eigenvalue weighted by molar-refractivity contribution is 6.62. The molecule has 1 saturated heterocycles. The van der Waals surface area contributed by atoms with E-state index in [9.17, 15) is 9.90 Å². The molecule has 1 saturated carbocycles. The minimum Gasteiger partial charge on any atom is -0.493 e. The zero-order valence-corrected chi connectivity index (χ0v) is 20.1. The molecule has 1 atom stereocenters. The van der Waals surface area contributed by atoms with Crippen molar-refractivity contribution in [2.24, 2.45) is 5.92 Å². The molecule has 3 heterocycles. The third kappa shape index (κ3) is 3.99. The number of benzene rings is 1. The summed E-state index contributed by atoms with van der Waals surface area (Å²) in [5.74, 6) is 1.31. The van der Waals surface area contributed by atoms with Crippen molar-refractivity contribution < 1.29 is 23.9 Å². The number of aromatic nitrogens is 3. The standard InChI is InChI=1S/C24H30BN3O6/c1-23(2)24(3,4)34-25(33-23)16-10-18-22(30)27(14-26-28(18)12-16)17-8-9-20(21(11-17)31-5)32-13-19(29)15-6-7-15/h8-12,14-15,19,29H,6-7,13H2,1-5H3. The Morgan fingerprint density at radius 3 is 2.53 bits per heavy atom. The highest BCUT2D eigenvalue weighted by Gasteiger charge is 2.52. The molecule has 1 aliphatic carbocycles. The van der Waals surface area contributed by atoms with Gasteiger partial charge >= 0.3 is 7.12 Å². The molecule has 5 rings (SSSR count). The molecular weight excluding hydrogens is 437 g/mol. The van der Waals surface area contributed by atoms with Crippen LogP contribution in [-0.4, -0.2) is 57.4 Å². The molecule has 1 aliphatic heterocycles. The Labute approximate surface area is 198 Å². The van der Waals surface area contributed by atoms with Gasteiger partial charge in [0.1, 0.15) is 18.5 Å².